The van der Waals surface area contributed by atoms with E-state index in [0.29, 0.717) is 0 Å². The van der Waals surface area contributed by atoms with Crippen molar-refractivity contribution in [3.05, 3.63) is 83.2 Å². The van der Waals surface area contributed by atoms with Gasteiger partial charge in [-0.05, 0) is 47.4 Å². The lowest BCUT2D eigenvalue weighted by Crippen LogP contribution is -2.45. The summed E-state index contributed by atoms with van der Waals surface area (Å²) < 4.78 is 11.2. The third-order valence-electron chi connectivity index (χ3n) is 5.79. The molecule has 1 aromatic heterocycles. The first-order valence-electron chi connectivity index (χ1n) is 9.56. The average Bonchev–Trinajstić information content (AvgIpc) is 2.77. The van der Waals surface area contributed by atoms with Gasteiger partial charge >= 0.3 is 0 Å². The highest BCUT2D eigenvalue weighted by molar-refractivity contribution is 5.61. The first kappa shape index (κ1) is 17.1. The molecule has 2 atom stereocenters. The topological polar surface area (TPSA) is 46.6 Å². The van der Waals surface area contributed by atoms with E-state index in [1.807, 2.05) is 18.5 Å². The van der Waals surface area contributed by atoms with Gasteiger partial charge in [0.05, 0.1) is 20.3 Å². The number of benzene rings is 2. The summed E-state index contributed by atoms with van der Waals surface area (Å²) in [5.41, 5.74) is 6.23. The summed E-state index contributed by atoms with van der Waals surface area (Å²) in [5.74, 6) is 1.57. The zero-order chi connectivity index (χ0) is 19.1. The fourth-order valence-electron chi connectivity index (χ4n) is 4.50. The van der Waals surface area contributed by atoms with E-state index in [0.717, 1.165) is 24.5 Å². The third kappa shape index (κ3) is 2.62. The molecule has 0 unspecified atom stereocenters. The molecule has 28 heavy (non-hydrogen) atoms. The molecule has 0 spiro atoms. The van der Waals surface area contributed by atoms with Crippen molar-refractivity contribution < 1.29 is 9.47 Å². The lowest BCUT2D eigenvalue weighted by Gasteiger charge is -2.47. The van der Waals surface area contributed by atoms with E-state index in [-0.39, 0.29) is 12.2 Å². The highest BCUT2D eigenvalue weighted by Gasteiger charge is 2.39. The second kappa shape index (κ2) is 6.84. The van der Waals surface area contributed by atoms with Crippen molar-refractivity contribution in [2.75, 3.05) is 26.1 Å². The number of aromatic nitrogens is 1. The van der Waals surface area contributed by atoms with E-state index in [1.165, 1.54) is 27.9 Å². The van der Waals surface area contributed by atoms with Gasteiger partial charge < -0.3 is 14.8 Å². The van der Waals surface area contributed by atoms with Crippen molar-refractivity contribution in [1.29, 1.82) is 0 Å². The third-order valence-corrected chi connectivity index (χ3v) is 5.79. The van der Waals surface area contributed by atoms with Gasteiger partial charge in [0, 0.05) is 30.2 Å². The zero-order valence-electron chi connectivity index (χ0n) is 16.1. The Bertz CT molecular complexity index is 1010. The van der Waals surface area contributed by atoms with Crippen LogP contribution in [0.25, 0.3) is 0 Å². The van der Waals surface area contributed by atoms with Crippen molar-refractivity contribution >= 4 is 5.69 Å². The summed E-state index contributed by atoms with van der Waals surface area (Å²) >= 11 is 0. The molecule has 0 saturated heterocycles. The van der Waals surface area contributed by atoms with Crippen LogP contribution in [0.15, 0.2) is 60.9 Å². The largest absolute Gasteiger partial charge is 0.493 e. The molecule has 2 aliphatic heterocycles. The molecule has 0 amide bonds. The average molecular weight is 373 g/mol. The van der Waals surface area contributed by atoms with E-state index >= 15 is 0 Å². The fourth-order valence-corrected chi connectivity index (χ4v) is 4.50. The second-order valence-electron chi connectivity index (χ2n) is 7.22. The number of anilines is 1. The molecule has 3 aromatic rings. The highest BCUT2D eigenvalue weighted by atomic mass is 16.5. The summed E-state index contributed by atoms with van der Waals surface area (Å²) in [6, 6.07) is 17.1. The monoisotopic (exact) mass is 373 g/mol. The molecule has 0 radical (unpaired) electrons. The van der Waals surface area contributed by atoms with Crippen molar-refractivity contribution in [2.45, 2.75) is 18.6 Å². The van der Waals surface area contributed by atoms with Crippen LogP contribution < -0.4 is 14.8 Å². The van der Waals surface area contributed by atoms with Gasteiger partial charge in [0.15, 0.2) is 11.5 Å². The number of fused-ring (bicyclic) bond motifs is 5. The van der Waals surface area contributed by atoms with E-state index in [1.54, 1.807) is 14.2 Å². The van der Waals surface area contributed by atoms with Crippen LogP contribution in [0.5, 0.6) is 11.5 Å². The van der Waals surface area contributed by atoms with Gasteiger partial charge in [0.1, 0.15) is 6.17 Å². The molecule has 0 fully saturated rings. The maximum absolute atomic E-state index is 5.61. The molecule has 5 nitrogen and oxygen atoms in total. The number of para-hydroxylation sites is 1. The molecule has 2 aromatic carbocycles. The van der Waals surface area contributed by atoms with Gasteiger partial charge in [-0.2, -0.15) is 0 Å². The summed E-state index contributed by atoms with van der Waals surface area (Å²) in [4.78, 5) is 6.87. The smallest absolute Gasteiger partial charge is 0.161 e. The quantitative estimate of drug-likeness (QED) is 0.747. The van der Waals surface area contributed by atoms with Crippen LogP contribution in [-0.2, 0) is 6.42 Å². The van der Waals surface area contributed by atoms with E-state index in [2.05, 4.69) is 57.7 Å². The molecule has 3 heterocycles. The molecule has 0 bridgehead atoms. The fraction of sp³-hybridized carbons (Fsp3) is 0.261. The minimum atomic E-state index is 0.0786. The molecule has 5 heteroatoms. The first-order valence-corrected chi connectivity index (χ1v) is 9.56. The van der Waals surface area contributed by atoms with Gasteiger partial charge in [-0.25, -0.2) is 0 Å². The Hall–Kier alpha value is -3.05. The van der Waals surface area contributed by atoms with E-state index in [4.69, 9.17) is 9.47 Å². The number of ether oxygens (including phenoxy) is 2. The maximum atomic E-state index is 5.61. The normalized spacial score (nSPS) is 20.4. The van der Waals surface area contributed by atoms with Crippen LogP contribution in [0, 0.1) is 0 Å². The van der Waals surface area contributed by atoms with Crippen molar-refractivity contribution in [3.63, 3.8) is 0 Å². The van der Waals surface area contributed by atoms with E-state index in [9.17, 15) is 0 Å². The molecule has 0 saturated carbocycles. The second-order valence-corrected chi connectivity index (χ2v) is 7.22. The van der Waals surface area contributed by atoms with E-state index < -0.39 is 0 Å². The Kier molecular flexibility index (Phi) is 4.17. The predicted octanol–water partition coefficient (Wildman–Crippen LogP) is 4.17. The molecule has 142 valence electrons. The van der Waals surface area contributed by atoms with Crippen LogP contribution in [0.1, 0.15) is 34.5 Å². The number of nitrogens with one attached hydrogen (secondary N) is 1. The molecular weight excluding hydrogens is 350 g/mol. The lowest BCUT2D eigenvalue weighted by molar-refractivity contribution is 0.153. The molecule has 2 aliphatic rings. The number of hydrogen-bond acceptors (Lipinski definition) is 5. The Morgan fingerprint density at radius 2 is 1.82 bits per heavy atom. The van der Waals surface area contributed by atoms with Gasteiger partial charge in [-0.3, -0.25) is 9.88 Å². The standard InChI is InChI=1S/C23H23N3O2/c1-27-20-12-15-9-11-26-22(18(15)13-21(20)28-2)17-7-3-4-8-19(17)25-23(26)16-6-5-10-24-14-16/h3-8,10,12-14,22-23,25H,9,11H2,1-2H3/t22-,23+/m0/s1. The Labute approximate surface area is 164 Å². The summed E-state index contributed by atoms with van der Waals surface area (Å²) in [6.45, 7) is 0.952. The number of hydrogen-bond donors (Lipinski definition) is 1. The Morgan fingerprint density at radius 1 is 1.00 bits per heavy atom. The van der Waals surface area contributed by atoms with Crippen molar-refractivity contribution in [3.8, 4) is 11.5 Å². The molecule has 1 N–H and O–H groups in total. The SMILES string of the molecule is COc1cc2c(cc1OC)[C@@H]1c3ccccc3N[C@@H](c3cccnc3)N1CC2. The maximum Gasteiger partial charge on any atom is 0.161 e. The van der Waals surface area contributed by atoms with Crippen LogP contribution in [0.2, 0.25) is 0 Å². The molecule has 5 rings (SSSR count). The minimum Gasteiger partial charge on any atom is -0.493 e. The van der Waals surface area contributed by atoms with Crippen LogP contribution in [-0.4, -0.2) is 30.6 Å². The van der Waals surface area contributed by atoms with Gasteiger partial charge in [-0.15, -0.1) is 0 Å². The number of pyridine rings is 1. The molecule has 0 aliphatic carbocycles. The first-order chi connectivity index (χ1) is 13.8. The summed E-state index contributed by atoms with van der Waals surface area (Å²) in [6.07, 6.45) is 4.81. The highest BCUT2D eigenvalue weighted by Crippen LogP contribution is 2.48. The lowest BCUT2D eigenvalue weighted by atomic mass is 9.84. The summed E-state index contributed by atoms with van der Waals surface area (Å²) in [5, 5.41) is 3.72. The summed E-state index contributed by atoms with van der Waals surface area (Å²) in [7, 11) is 3.39. The Balaban J connectivity index is 1.69. The van der Waals surface area contributed by atoms with Crippen LogP contribution >= 0.6 is 0 Å². The number of nitrogens with zero attached hydrogens (tertiary/aromatic N) is 2. The van der Waals surface area contributed by atoms with Gasteiger partial charge in [-0.1, -0.05) is 24.3 Å². The number of rotatable bonds is 3. The van der Waals surface area contributed by atoms with Crippen LogP contribution in [0.4, 0.5) is 5.69 Å². The minimum absolute atomic E-state index is 0.0786. The van der Waals surface area contributed by atoms with Crippen molar-refractivity contribution in [1.82, 2.24) is 9.88 Å². The number of methoxy groups -OCH3 is 2. The molecular formula is C23H23N3O2. The van der Waals surface area contributed by atoms with Crippen molar-refractivity contribution in [2.24, 2.45) is 0 Å². The van der Waals surface area contributed by atoms with Crippen LogP contribution in [0.3, 0.4) is 0 Å². The zero-order valence-corrected chi connectivity index (χ0v) is 16.1. The van der Waals surface area contributed by atoms with Gasteiger partial charge in [0.25, 0.3) is 0 Å². The Morgan fingerprint density at radius 3 is 2.61 bits per heavy atom. The predicted molar refractivity (Wildman–Crippen MR) is 109 cm³/mol. The van der Waals surface area contributed by atoms with Gasteiger partial charge in [0.2, 0.25) is 0 Å².